The summed E-state index contributed by atoms with van der Waals surface area (Å²) in [6, 6.07) is 4.52. The molecular formula is C21H19FN6O2S. The summed E-state index contributed by atoms with van der Waals surface area (Å²) in [5.41, 5.74) is 3.24. The van der Waals surface area contributed by atoms with Gasteiger partial charge in [0.15, 0.2) is 5.58 Å². The third-order valence-corrected chi connectivity index (χ3v) is 7.59. The number of amides is 1. The zero-order valence-corrected chi connectivity index (χ0v) is 17.4. The summed E-state index contributed by atoms with van der Waals surface area (Å²) >= 11 is 1.62. The SMILES string of the molecule is O=C(c1c(-n2cnnn2)sc2c1CCC2)N1CCC(c2noc3cc(F)ccc23)CC1. The number of carbonyl (C=O) groups is 1. The van der Waals surface area contributed by atoms with Crippen molar-refractivity contribution in [2.75, 3.05) is 13.1 Å². The first-order valence-electron chi connectivity index (χ1n) is 10.4. The Balaban J connectivity index is 1.25. The molecule has 0 spiro atoms. The van der Waals surface area contributed by atoms with E-state index in [1.165, 1.54) is 17.0 Å². The molecule has 0 unspecified atom stereocenters. The second kappa shape index (κ2) is 7.23. The van der Waals surface area contributed by atoms with Gasteiger partial charge in [0.05, 0.1) is 11.3 Å². The molecule has 6 rings (SSSR count). The zero-order chi connectivity index (χ0) is 20.9. The van der Waals surface area contributed by atoms with Crippen LogP contribution in [0, 0.1) is 5.82 Å². The number of benzene rings is 1. The van der Waals surface area contributed by atoms with Crippen LogP contribution in [-0.2, 0) is 12.8 Å². The molecule has 0 radical (unpaired) electrons. The summed E-state index contributed by atoms with van der Waals surface area (Å²) < 4.78 is 20.4. The smallest absolute Gasteiger partial charge is 0.257 e. The van der Waals surface area contributed by atoms with Crippen molar-refractivity contribution in [3.63, 3.8) is 0 Å². The summed E-state index contributed by atoms with van der Waals surface area (Å²) in [7, 11) is 0. The van der Waals surface area contributed by atoms with Crippen molar-refractivity contribution in [1.29, 1.82) is 0 Å². The second-order valence-corrected chi connectivity index (χ2v) is 9.15. The van der Waals surface area contributed by atoms with Gasteiger partial charge in [-0.2, -0.15) is 4.68 Å². The van der Waals surface area contributed by atoms with Gasteiger partial charge in [-0.3, -0.25) is 4.79 Å². The van der Waals surface area contributed by atoms with Gasteiger partial charge in [0.2, 0.25) is 0 Å². The number of thiophene rings is 1. The first-order valence-corrected chi connectivity index (χ1v) is 11.2. The standard InChI is InChI=1S/C21H19FN6O2S/c22-13-4-5-14-16(10-13)30-24-19(14)12-6-8-27(9-7-12)20(29)18-15-2-1-3-17(15)31-21(18)28-11-23-25-26-28/h4-5,10-12H,1-3,6-9H2. The van der Waals surface area contributed by atoms with Crippen molar-refractivity contribution < 1.29 is 13.7 Å². The fourth-order valence-electron chi connectivity index (χ4n) is 4.77. The molecule has 1 aliphatic carbocycles. The molecule has 4 heterocycles. The maximum atomic E-state index is 13.6. The number of fused-ring (bicyclic) bond motifs is 2. The van der Waals surface area contributed by atoms with Gasteiger partial charge >= 0.3 is 0 Å². The normalized spacial score (nSPS) is 16.9. The highest BCUT2D eigenvalue weighted by atomic mass is 32.1. The predicted molar refractivity (Wildman–Crippen MR) is 111 cm³/mol. The third kappa shape index (κ3) is 3.04. The van der Waals surface area contributed by atoms with Crippen molar-refractivity contribution in [1.82, 2.24) is 30.3 Å². The Morgan fingerprint density at radius 2 is 2.10 bits per heavy atom. The molecule has 0 saturated carbocycles. The molecule has 4 aromatic rings. The van der Waals surface area contributed by atoms with Crippen LogP contribution in [0.3, 0.4) is 0 Å². The van der Waals surface area contributed by atoms with E-state index in [-0.39, 0.29) is 17.6 Å². The minimum Gasteiger partial charge on any atom is -0.356 e. The summed E-state index contributed by atoms with van der Waals surface area (Å²) in [5.74, 6) is -0.101. The average Bonchev–Trinajstić information content (AvgIpc) is 3.56. The largest absolute Gasteiger partial charge is 0.356 e. The molecule has 0 N–H and O–H groups in total. The van der Waals surface area contributed by atoms with Crippen LogP contribution in [0.2, 0.25) is 0 Å². The van der Waals surface area contributed by atoms with Crippen LogP contribution >= 0.6 is 11.3 Å². The highest BCUT2D eigenvalue weighted by Crippen LogP contribution is 2.39. The number of likely N-dealkylation sites (tertiary alicyclic amines) is 1. The Morgan fingerprint density at radius 3 is 2.90 bits per heavy atom. The summed E-state index contributed by atoms with van der Waals surface area (Å²) in [5, 5.41) is 17.4. The Kier molecular flexibility index (Phi) is 4.34. The Labute approximate surface area is 180 Å². The summed E-state index contributed by atoms with van der Waals surface area (Å²) in [6.45, 7) is 1.28. The van der Waals surface area contributed by atoms with Crippen LogP contribution in [0.5, 0.6) is 0 Å². The van der Waals surface area contributed by atoms with Gasteiger partial charge in [-0.15, -0.1) is 16.4 Å². The van der Waals surface area contributed by atoms with Gasteiger partial charge in [-0.25, -0.2) is 4.39 Å². The highest BCUT2D eigenvalue weighted by Gasteiger charge is 2.33. The molecule has 3 aromatic heterocycles. The molecule has 1 amide bonds. The van der Waals surface area contributed by atoms with Crippen molar-refractivity contribution in [2.24, 2.45) is 0 Å². The monoisotopic (exact) mass is 438 g/mol. The van der Waals surface area contributed by atoms with Crippen molar-refractivity contribution in [2.45, 2.75) is 38.0 Å². The second-order valence-electron chi connectivity index (χ2n) is 8.07. The predicted octanol–water partition coefficient (Wildman–Crippen LogP) is 3.51. The lowest BCUT2D eigenvalue weighted by Gasteiger charge is -2.31. The van der Waals surface area contributed by atoms with Gasteiger partial charge in [-0.1, -0.05) is 5.16 Å². The Morgan fingerprint density at radius 1 is 1.23 bits per heavy atom. The van der Waals surface area contributed by atoms with E-state index in [9.17, 15) is 9.18 Å². The Bertz CT molecular complexity index is 1270. The van der Waals surface area contributed by atoms with E-state index in [1.54, 1.807) is 28.4 Å². The lowest BCUT2D eigenvalue weighted by Crippen LogP contribution is -2.38. The van der Waals surface area contributed by atoms with Crippen LogP contribution in [0.4, 0.5) is 4.39 Å². The molecule has 0 atom stereocenters. The number of rotatable bonds is 3. The molecule has 158 valence electrons. The number of hydrogen-bond acceptors (Lipinski definition) is 7. The lowest BCUT2D eigenvalue weighted by atomic mass is 9.91. The van der Waals surface area contributed by atoms with Gasteiger partial charge in [0, 0.05) is 35.3 Å². The van der Waals surface area contributed by atoms with Crippen LogP contribution in [0.1, 0.15) is 51.7 Å². The van der Waals surface area contributed by atoms with E-state index in [2.05, 4.69) is 20.7 Å². The first kappa shape index (κ1) is 18.6. The van der Waals surface area contributed by atoms with E-state index < -0.39 is 0 Å². The topological polar surface area (TPSA) is 89.9 Å². The van der Waals surface area contributed by atoms with Gasteiger partial charge in [-0.05, 0) is 60.2 Å². The minimum absolute atomic E-state index is 0.0513. The average molecular weight is 438 g/mol. The molecule has 1 fully saturated rings. The molecule has 1 aromatic carbocycles. The number of tetrazole rings is 1. The van der Waals surface area contributed by atoms with Gasteiger partial charge in [0.25, 0.3) is 5.91 Å². The van der Waals surface area contributed by atoms with Crippen molar-refractivity contribution in [3.05, 3.63) is 52.0 Å². The molecule has 8 nitrogen and oxygen atoms in total. The molecule has 2 aliphatic rings. The minimum atomic E-state index is -0.336. The number of aromatic nitrogens is 5. The van der Waals surface area contributed by atoms with E-state index >= 15 is 0 Å². The molecule has 31 heavy (non-hydrogen) atoms. The molecule has 10 heteroatoms. The van der Waals surface area contributed by atoms with Gasteiger partial charge < -0.3 is 9.42 Å². The van der Waals surface area contributed by atoms with E-state index in [0.717, 1.165) is 59.3 Å². The zero-order valence-electron chi connectivity index (χ0n) is 16.6. The fourth-order valence-corrected chi connectivity index (χ4v) is 6.06. The molecule has 1 saturated heterocycles. The van der Waals surface area contributed by atoms with E-state index in [0.29, 0.717) is 18.7 Å². The number of piperidine rings is 1. The number of halogens is 1. The van der Waals surface area contributed by atoms with Crippen LogP contribution < -0.4 is 0 Å². The van der Waals surface area contributed by atoms with Crippen molar-refractivity contribution in [3.8, 4) is 5.00 Å². The summed E-state index contributed by atoms with van der Waals surface area (Å²) in [6.07, 6.45) is 6.13. The third-order valence-electron chi connectivity index (χ3n) is 6.30. The summed E-state index contributed by atoms with van der Waals surface area (Å²) in [4.78, 5) is 16.7. The van der Waals surface area contributed by atoms with E-state index in [1.807, 2.05) is 4.90 Å². The van der Waals surface area contributed by atoms with Crippen molar-refractivity contribution >= 4 is 28.2 Å². The maximum Gasteiger partial charge on any atom is 0.257 e. The molecular weight excluding hydrogens is 419 g/mol. The van der Waals surface area contributed by atoms with Crippen LogP contribution in [0.15, 0.2) is 29.0 Å². The maximum absolute atomic E-state index is 13.6. The number of hydrogen-bond donors (Lipinski definition) is 0. The van der Waals surface area contributed by atoms with Gasteiger partial charge in [0.1, 0.15) is 17.1 Å². The Hall–Kier alpha value is -3.14. The fraction of sp³-hybridized carbons (Fsp3) is 0.381. The quantitative estimate of drug-likeness (QED) is 0.486. The number of nitrogens with zero attached hydrogens (tertiary/aromatic N) is 6. The number of aryl methyl sites for hydroxylation is 1. The first-order chi connectivity index (χ1) is 15.2. The number of carbonyl (C=O) groups excluding carboxylic acids is 1. The highest BCUT2D eigenvalue weighted by molar-refractivity contribution is 7.15. The van der Waals surface area contributed by atoms with Crippen LogP contribution in [-0.4, -0.2) is 49.3 Å². The van der Waals surface area contributed by atoms with Crippen LogP contribution in [0.25, 0.3) is 16.0 Å². The molecule has 1 aliphatic heterocycles. The lowest BCUT2D eigenvalue weighted by molar-refractivity contribution is 0.0711. The van der Waals surface area contributed by atoms with E-state index in [4.69, 9.17) is 4.52 Å². The molecule has 0 bridgehead atoms.